The van der Waals surface area contributed by atoms with E-state index >= 15 is 0 Å². The summed E-state index contributed by atoms with van der Waals surface area (Å²) in [4.78, 5) is 2.39. The van der Waals surface area contributed by atoms with Crippen molar-refractivity contribution in [1.29, 1.82) is 0 Å². The van der Waals surface area contributed by atoms with Crippen LogP contribution in [0.2, 0.25) is 0 Å². The van der Waals surface area contributed by atoms with E-state index in [4.69, 9.17) is 5.73 Å². The Morgan fingerprint density at radius 3 is 2.94 bits per heavy atom. The van der Waals surface area contributed by atoms with E-state index in [1.54, 1.807) is 17.1 Å². The van der Waals surface area contributed by atoms with Crippen LogP contribution >= 0.6 is 0 Å². The van der Waals surface area contributed by atoms with Gasteiger partial charge in [0.05, 0.1) is 24.5 Å². The molecule has 5 nitrogen and oxygen atoms in total. The number of hydrogen-bond donors (Lipinski definition) is 2. The van der Waals surface area contributed by atoms with Crippen LogP contribution in [-0.4, -0.2) is 45.0 Å². The van der Waals surface area contributed by atoms with Gasteiger partial charge < -0.3 is 10.8 Å². The van der Waals surface area contributed by atoms with Crippen LogP contribution in [0.15, 0.2) is 12.4 Å². The standard InChI is InChI=1S/C12H22N4O/c1-2-5-15(11-3-4-11)8-12(17)9-16-7-10(13)6-14-16/h6-7,11-12,17H,2-5,8-9,13H2,1H3. The Bertz CT molecular complexity index is 348. The van der Waals surface area contributed by atoms with Crippen molar-refractivity contribution in [2.45, 2.75) is 44.9 Å². The second kappa shape index (κ2) is 5.51. The molecule has 1 atom stereocenters. The summed E-state index contributed by atoms with van der Waals surface area (Å²) in [6.45, 7) is 4.50. The van der Waals surface area contributed by atoms with Crippen molar-refractivity contribution >= 4 is 5.69 Å². The second-order valence-electron chi connectivity index (χ2n) is 4.88. The van der Waals surface area contributed by atoms with E-state index in [1.165, 1.54) is 12.8 Å². The zero-order valence-electron chi connectivity index (χ0n) is 10.4. The van der Waals surface area contributed by atoms with Crippen molar-refractivity contribution in [2.24, 2.45) is 0 Å². The van der Waals surface area contributed by atoms with Crippen molar-refractivity contribution in [1.82, 2.24) is 14.7 Å². The molecule has 1 unspecified atom stereocenters. The van der Waals surface area contributed by atoms with Gasteiger partial charge in [0.1, 0.15) is 0 Å². The van der Waals surface area contributed by atoms with Crippen molar-refractivity contribution in [3.8, 4) is 0 Å². The topological polar surface area (TPSA) is 67.3 Å². The Labute approximate surface area is 102 Å². The molecule has 17 heavy (non-hydrogen) atoms. The highest BCUT2D eigenvalue weighted by atomic mass is 16.3. The molecule has 0 aliphatic heterocycles. The molecule has 2 rings (SSSR count). The fourth-order valence-electron chi connectivity index (χ4n) is 2.17. The average molecular weight is 238 g/mol. The number of anilines is 1. The van der Waals surface area contributed by atoms with Crippen molar-refractivity contribution in [2.75, 3.05) is 18.8 Å². The maximum atomic E-state index is 10.0. The van der Waals surface area contributed by atoms with Crippen LogP contribution < -0.4 is 5.73 Å². The Hall–Kier alpha value is -1.07. The van der Waals surface area contributed by atoms with Crippen LogP contribution in [0.25, 0.3) is 0 Å². The molecule has 5 heteroatoms. The first kappa shape index (κ1) is 12.4. The second-order valence-corrected chi connectivity index (χ2v) is 4.88. The summed E-state index contributed by atoms with van der Waals surface area (Å²) < 4.78 is 1.71. The molecule has 0 bridgehead atoms. The quantitative estimate of drug-likeness (QED) is 0.734. The number of rotatable bonds is 7. The smallest absolute Gasteiger partial charge is 0.0862 e. The van der Waals surface area contributed by atoms with Crippen molar-refractivity contribution < 1.29 is 5.11 Å². The molecule has 1 aliphatic carbocycles. The summed E-state index contributed by atoms with van der Waals surface area (Å²) in [5, 5.41) is 14.1. The Morgan fingerprint density at radius 2 is 2.41 bits per heavy atom. The molecule has 1 aromatic rings. The zero-order valence-corrected chi connectivity index (χ0v) is 10.4. The van der Waals surface area contributed by atoms with E-state index in [0.29, 0.717) is 18.3 Å². The minimum Gasteiger partial charge on any atom is -0.396 e. The van der Waals surface area contributed by atoms with Gasteiger partial charge in [-0.1, -0.05) is 6.92 Å². The third kappa shape index (κ3) is 3.71. The van der Waals surface area contributed by atoms with E-state index in [9.17, 15) is 5.11 Å². The first-order chi connectivity index (χ1) is 8.19. The molecular formula is C12H22N4O. The van der Waals surface area contributed by atoms with Crippen LogP contribution in [0.5, 0.6) is 0 Å². The number of hydrogen-bond acceptors (Lipinski definition) is 4. The van der Waals surface area contributed by atoms with Gasteiger partial charge in [0.2, 0.25) is 0 Å². The third-order valence-electron chi connectivity index (χ3n) is 3.07. The van der Waals surface area contributed by atoms with E-state index in [-0.39, 0.29) is 6.10 Å². The predicted molar refractivity (Wildman–Crippen MR) is 67.5 cm³/mol. The Kier molecular flexibility index (Phi) is 4.02. The molecular weight excluding hydrogens is 216 g/mol. The summed E-state index contributed by atoms with van der Waals surface area (Å²) in [5.74, 6) is 0. The highest BCUT2D eigenvalue weighted by molar-refractivity contribution is 5.30. The van der Waals surface area contributed by atoms with Gasteiger partial charge in [-0.3, -0.25) is 9.58 Å². The molecule has 3 N–H and O–H groups in total. The monoisotopic (exact) mass is 238 g/mol. The molecule has 96 valence electrons. The first-order valence-corrected chi connectivity index (χ1v) is 6.39. The first-order valence-electron chi connectivity index (χ1n) is 6.39. The molecule has 1 aromatic heterocycles. The lowest BCUT2D eigenvalue weighted by Gasteiger charge is -2.24. The molecule has 0 spiro atoms. The molecule has 1 aliphatic rings. The van der Waals surface area contributed by atoms with Gasteiger partial charge in [-0.05, 0) is 25.8 Å². The molecule has 0 radical (unpaired) electrons. The largest absolute Gasteiger partial charge is 0.396 e. The lowest BCUT2D eigenvalue weighted by atomic mass is 10.3. The SMILES string of the molecule is CCCN(CC(O)Cn1cc(N)cn1)C1CC1. The lowest BCUT2D eigenvalue weighted by molar-refractivity contribution is 0.0911. The molecule has 0 amide bonds. The molecule has 0 saturated heterocycles. The predicted octanol–water partition coefficient (Wildman–Crippen LogP) is 0.701. The van der Waals surface area contributed by atoms with Gasteiger partial charge in [0.15, 0.2) is 0 Å². The summed E-state index contributed by atoms with van der Waals surface area (Å²) in [7, 11) is 0. The summed E-state index contributed by atoms with van der Waals surface area (Å²) in [6.07, 6.45) is 6.68. The van der Waals surface area contributed by atoms with E-state index < -0.39 is 0 Å². The number of aromatic nitrogens is 2. The van der Waals surface area contributed by atoms with Gasteiger partial charge in [-0.25, -0.2) is 0 Å². The minimum atomic E-state index is -0.374. The van der Waals surface area contributed by atoms with Gasteiger partial charge in [0.25, 0.3) is 0 Å². The summed E-state index contributed by atoms with van der Waals surface area (Å²) >= 11 is 0. The average Bonchev–Trinajstić information content (AvgIpc) is 3.03. The number of aliphatic hydroxyl groups excluding tert-OH is 1. The fraction of sp³-hybridized carbons (Fsp3) is 0.750. The maximum Gasteiger partial charge on any atom is 0.0862 e. The molecule has 1 fully saturated rings. The zero-order chi connectivity index (χ0) is 12.3. The highest BCUT2D eigenvalue weighted by Crippen LogP contribution is 2.27. The van der Waals surface area contributed by atoms with Gasteiger partial charge in [-0.2, -0.15) is 5.10 Å². The van der Waals surface area contributed by atoms with Gasteiger partial charge in [-0.15, -0.1) is 0 Å². The van der Waals surface area contributed by atoms with Crippen molar-refractivity contribution in [3.05, 3.63) is 12.4 Å². The Morgan fingerprint density at radius 1 is 1.65 bits per heavy atom. The van der Waals surface area contributed by atoms with Gasteiger partial charge >= 0.3 is 0 Å². The molecule has 0 aromatic carbocycles. The van der Waals surface area contributed by atoms with E-state index in [0.717, 1.165) is 19.5 Å². The van der Waals surface area contributed by atoms with Crippen LogP contribution in [0.4, 0.5) is 5.69 Å². The summed E-state index contributed by atoms with van der Waals surface area (Å²) in [6, 6.07) is 0.701. The lowest BCUT2D eigenvalue weighted by Crippen LogP contribution is -2.36. The van der Waals surface area contributed by atoms with Crippen LogP contribution in [0.1, 0.15) is 26.2 Å². The molecule has 1 saturated carbocycles. The third-order valence-corrected chi connectivity index (χ3v) is 3.07. The minimum absolute atomic E-state index is 0.374. The van der Waals surface area contributed by atoms with Gasteiger partial charge in [0, 0.05) is 18.8 Å². The number of nitrogens with zero attached hydrogens (tertiary/aromatic N) is 3. The summed E-state index contributed by atoms with van der Waals surface area (Å²) in [5.41, 5.74) is 6.23. The van der Waals surface area contributed by atoms with Crippen molar-refractivity contribution in [3.63, 3.8) is 0 Å². The van der Waals surface area contributed by atoms with Crippen LogP contribution in [0.3, 0.4) is 0 Å². The number of aliphatic hydroxyl groups is 1. The van der Waals surface area contributed by atoms with Crippen LogP contribution in [-0.2, 0) is 6.54 Å². The highest BCUT2D eigenvalue weighted by Gasteiger charge is 2.29. The number of nitrogen functional groups attached to an aromatic ring is 1. The Balaban J connectivity index is 1.80. The van der Waals surface area contributed by atoms with Crippen LogP contribution in [0, 0.1) is 0 Å². The van der Waals surface area contributed by atoms with E-state index in [1.807, 2.05) is 0 Å². The van der Waals surface area contributed by atoms with E-state index in [2.05, 4.69) is 16.9 Å². The molecule has 1 heterocycles. The number of nitrogens with two attached hydrogens (primary N) is 1. The normalized spacial score (nSPS) is 17.6. The fourth-order valence-corrected chi connectivity index (χ4v) is 2.17. The maximum absolute atomic E-state index is 10.0.